The van der Waals surface area contributed by atoms with E-state index in [4.69, 9.17) is 5.73 Å². The summed E-state index contributed by atoms with van der Waals surface area (Å²) in [7, 11) is 0. The molecule has 1 atom stereocenters. The van der Waals surface area contributed by atoms with E-state index < -0.39 is 4.92 Å². The summed E-state index contributed by atoms with van der Waals surface area (Å²) in [6.45, 7) is 5.20. The molecule has 1 unspecified atom stereocenters. The van der Waals surface area contributed by atoms with Crippen LogP contribution < -0.4 is 10.6 Å². The van der Waals surface area contributed by atoms with Gasteiger partial charge in [-0.1, -0.05) is 13.8 Å². The van der Waals surface area contributed by atoms with Gasteiger partial charge >= 0.3 is 0 Å². The zero-order chi connectivity index (χ0) is 13.3. The van der Waals surface area contributed by atoms with Crippen molar-refractivity contribution in [1.29, 1.82) is 0 Å². The Morgan fingerprint density at radius 3 is 2.89 bits per heavy atom. The lowest BCUT2D eigenvalue weighted by atomic mass is 10.0. The molecule has 0 saturated carbocycles. The zero-order valence-corrected chi connectivity index (χ0v) is 10.7. The third-order valence-corrected chi connectivity index (χ3v) is 3.39. The average molecular weight is 250 g/mol. The molecule has 1 aliphatic heterocycles. The minimum absolute atomic E-state index is 0.00639. The van der Waals surface area contributed by atoms with Gasteiger partial charge in [-0.3, -0.25) is 10.1 Å². The van der Waals surface area contributed by atoms with E-state index in [1.165, 1.54) is 12.1 Å². The van der Waals surface area contributed by atoms with E-state index in [0.717, 1.165) is 19.4 Å². The van der Waals surface area contributed by atoms with Gasteiger partial charge in [0.1, 0.15) is 11.6 Å². The van der Waals surface area contributed by atoms with Crippen molar-refractivity contribution in [3.05, 3.63) is 22.2 Å². The lowest BCUT2D eigenvalue weighted by Crippen LogP contribution is -2.34. The summed E-state index contributed by atoms with van der Waals surface area (Å²) in [6, 6.07) is 3.19. The second-order valence-corrected chi connectivity index (χ2v) is 5.01. The number of pyridine rings is 1. The molecule has 0 aliphatic carbocycles. The maximum atomic E-state index is 10.8. The molecular formula is C12H18N4O2. The van der Waals surface area contributed by atoms with Crippen LogP contribution in [-0.2, 0) is 0 Å². The molecule has 2 heterocycles. The number of anilines is 2. The van der Waals surface area contributed by atoms with Crippen molar-refractivity contribution in [1.82, 2.24) is 4.98 Å². The molecule has 0 amide bonds. The first kappa shape index (κ1) is 12.6. The van der Waals surface area contributed by atoms with Gasteiger partial charge in [-0.05, 0) is 18.8 Å². The van der Waals surface area contributed by atoms with Crippen molar-refractivity contribution in [3.8, 4) is 0 Å². The Morgan fingerprint density at radius 2 is 2.28 bits per heavy atom. The van der Waals surface area contributed by atoms with Crippen molar-refractivity contribution in [2.24, 2.45) is 5.92 Å². The Morgan fingerprint density at radius 1 is 1.56 bits per heavy atom. The molecule has 0 radical (unpaired) electrons. The lowest BCUT2D eigenvalue weighted by Gasteiger charge is -2.28. The van der Waals surface area contributed by atoms with Gasteiger partial charge in [0.25, 0.3) is 5.69 Å². The highest BCUT2D eigenvalue weighted by atomic mass is 16.6. The molecule has 0 aromatic carbocycles. The van der Waals surface area contributed by atoms with Crippen molar-refractivity contribution >= 4 is 17.3 Å². The Labute approximate surface area is 106 Å². The van der Waals surface area contributed by atoms with Gasteiger partial charge in [0.2, 0.25) is 0 Å². The largest absolute Gasteiger partial charge is 0.383 e. The average Bonchev–Trinajstić information content (AvgIpc) is 2.76. The maximum Gasteiger partial charge on any atom is 0.276 e. The molecule has 0 bridgehead atoms. The van der Waals surface area contributed by atoms with Crippen molar-refractivity contribution < 1.29 is 4.92 Å². The van der Waals surface area contributed by atoms with Gasteiger partial charge in [-0.15, -0.1) is 0 Å². The highest BCUT2D eigenvalue weighted by Gasteiger charge is 2.29. The zero-order valence-electron chi connectivity index (χ0n) is 10.7. The number of nitrogens with zero attached hydrogens (tertiary/aromatic N) is 3. The van der Waals surface area contributed by atoms with Crippen LogP contribution in [0.3, 0.4) is 0 Å². The highest BCUT2D eigenvalue weighted by Crippen LogP contribution is 2.31. The fraction of sp³-hybridized carbons (Fsp3) is 0.583. The van der Waals surface area contributed by atoms with Crippen LogP contribution in [0.2, 0.25) is 0 Å². The van der Waals surface area contributed by atoms with E-state index >= 15 is 0 Å². The maximum absolute atomic E-state index is 10.8. The predicted octanol–water partition coefficient (Wildman–Crippen LogP) is 2.20. The van der Waals surface area contributed by atoms with Crippen molar-refractivity contribution in [2.75, 3.05) is 17.2 Å². The molecule has 1 aliphatic rings. The number of nitrogen functional groups attached to an aromatic ring is 1. The van der Waals surface area contributed by atoms with E-state index in [2.05, 4.69) is 23.7 Å². The first-order valence-corrected chi connectivity index (χ1v) is 6.17. The second-order valence-electron chi connectivity index (χ2n) is 5.01. The molecule has 2 N–H and O–H groups in total. The summed E-state index contributed by atoms with van der Waals surface area (Å²) in [5.74, 6) is 1.32. The summed E-state index contributed by atoms with van der Waals surface area (Å²) < 4.78 is 0. The molecule has 18 heavy (non-hydrogen) atoms. The van der Waals surface area contributed by atoms with E-state index in [-0.39, 0.29) is 11.5 Å². The Balaban J connectivity index is 2.35. The van der Waals surface area contributed by atoms with Crippen LogP contribution in [0, 0.1) is 16.0 Å². The quantitative estimate of drug-likeness (QED) is 0.656. The van der Waals surface area contributed by atoms with E-state index in [0.29, 0.717) is 17.8 Å². The van der Waals surface area contributed by atoms with Gasteiger partial charge in [0.05, 0.1) is 17.1 Å². The van der Waals surface area contributed by atoms with Crippen LogP contribution >= 0.6 is 0 Å². The molecule has 2 rings (SSSR count). The summed E-state index contributed by atoms with van der Waals surface area (Å²) in [5.41, 5.74) is 5.65. The van der Waals surface area contributed by atoms with E-state index in [9.17, 15) is 10.1 Å². The summed E-state index contributed by atoms with van der Waals surface area (Å²) in [4.78, 5) is 16.8. The topological polar surface area (TPSA) is 85.3 Å². The summed E-state index contributed by atoms with van der Waals surface area (Å²) >= 11 is 0. The Kier molecular flexibility index (Phi) is 3.36. The van der Waals surface area contributed by atoms with Gasteiger partial charge in [0.15, 0.2) is 0 Å². The third-order valence-electron chi connectivity index (χ3n) is 3.39. The monoisotopic (exact) mass is 250 g/mol. The number of hydrogen-bond donors (Lipinski definition) is 1. The van der Waals surface area contributed by atoms with Crippen LogP contribution in [0.15, 0.2) is 12.1 Å². The van der Waals surface area contributed by atoms with Gasteiger partial charge in [-0.25, -0.2) is 4.98 Å². The van der Waals surface area contributed by atoms with Crippen LogP contribution in [0.25, 0.3) is 0 Å². The number of nitrogens with two attached hydrogens (primary N) is 1. The fourth-order valence-corrected chi connectivity index (χ4v) is 2.54. The predicted molar refractivity (Wildman–Crippen MR) is 70.5 cm³/mol. The molecular weight excluding hydrogens is 232 g/mol. The molecule has 1 fully saturated rings. The van der Waals surface area contributed by atoms with Gasteiger partial charge in [-0.2, -0.15) is 0 Å². The fourth-order valence-electron chi connectivity index (χ4n) is 2.54. The van der Waals surface area contributed by atoms with Crippen LogP contribution in [0.5, 0.6) is 0 Å². The Bertz CT molecular complexity index is 461. The highest BCUT2D eigenvalue weighted by molar-refractivity contribution is 5.55. The van der Waals surface area contributed by atoms with E-state index in [1.807, 2.05) is 0 Å². The third kappa shape index (κ3) is 2.37. The van der Waals surface area contributed by atoms with Crippen molar-refractivity contribution in [3.63, 3.8) is 0 Å². The first-order valence-electron chi connectivity index (χ1n) is 6.17. The first-order chi connectivity index (χ1) is 8.49. The minimum atomic E-state index is -0.429. The van der Waals surface area contributed by atoms with Crippen LogP contribution in [0.1, 0.15) is 26.7 Å². The number of rotatable bonds is 3. The molecule has 1 aromatic rings. The number of nitro groups is 1. The van der Waals surface area contributed by atoms with Gasteiger partial charge in [0, 0.05) is 12.6 Å². The molecule has 1 aromatic heterocycles. The van der Waals surface area contributed by atoms with Crippen LogP contribution in [0.4, 0.5) is 17.3 Å². The molecule has 6 heteroatoms. The summed E-state index contributed by atoms with van der Waals surface area (Å²) in [6.07, 6.45) is 2.19. The normalized spacial score (nSPS) is 19.5. The standard InChI is InChI=1S/C12H18N4O2/c1-8(2)10-4-3-5-15(10)12-7-9(16(17)18)6-11(13)14-12/h6-8,10H,3-5H2,1-2H3,(H2,13,14). The van der Waals surface area contributed by atoms with Crippen molar-refractivity contribution in [2.45, 2.75) is 32.7 Å². The minimum Gasteiger partial charge on any atom is -0.383 e. The second kappa shape index (κ2) is 4.80. The Hall–Kier alpha value is -1.85. The van der Waals surface area contributed by atoms with Crippen LogP contribution in [-0.4, -0.2) is 22.5 Å². The summed E-state index contributed by atoms with van der Waals surface area (Å²) in [5, 5.41) is 10.8. The molecule has 1 saturated heterocycles. The van der Waals surface area contributed by atoms with E-state index in [1.54, 1.807) is 0 Å². The lowest BCUT2D eigenvalue weighted by molar-refractivity contribution is -0.384. The smallest absolute Gasteiger partial charge is 0.276 e. The van der Waals surface area contributed by atoms with Gasteiger partial charge < -0.3 is 10.6 Å². The molecule has 98 valence electrons. The SMILES string of the molecule is CC(C)C1CCCN1c1cc([N+](=O)[O-])cc(N)n1. The number of aromatic nitrogens is 1. The number of hydrogen-bond acceptors (Lipinski definition) is 5. The molecule has 0 spiro atoms. The molecule has 6 nitrogen and oxygen atoms in total.